The number of rotatable bonds is 4. The fourth-order valence-electron chi connectivity index (χ4n) is 1.76. The summed E-state index contributed by atoms with van der Waals surface area (Å²) in [4.78, 5) is 0. The highest BCUT2D eigenvalue weighted by Crippen LogP contribution is 2.33. The monoisotopic (exact) mass is 320 g/mol. The van der Waals surface area contributed by atoms with E-state index in [-0.39, 0.29) is 14.9 Å². The van der Waals surface area contributed by atoms with E-state index in [0.29, 0.717) is 6.61 Å². The van der Waals surface area contributed by atoms with Gasteiger partial charge in [-0.3, -0.25) is 0 Å². The van der Waals surface area contributed by atoms with Crippen molar-refractivity contribution in [1.29, 1.82) is 0 Å². The van der Waals surface area contributed by atoms with E-state index in [0.717, 1.165) is 22.6 Å². The minimum atomic E-state index is 0. The molecule has 0 saturated carbocycles. The molecule has 0 bridgehead atoms. The Labute approximate surface area is 144 Å². The van der Waals surface area contributed by atoms with Crippen LogP contribution in [0.4, 0.5) is 0 Å². The Morgan fingerprint density at radius 3 is 1.87 bits per heavy atom. The highest BCUT2D eigenvalue weighted by molar-refractivity contribution is 5.71. The van der Waals surface area contributed by atoms with Crippen molar-refractivity contribution in [1.82, 2.24) is 0 Å². The average Bonchev–Trinajstić information content (AvgIpc) is 2.60. The molecule has 0 radical (unpaired) electrons. The summed E-state index contributed by atoms with van der Waals surface area (Å²) in [5.41, 5.74) is 2.20. The first-order valence-electron chi connectivity index (χ1n) is 7.71. The third-order valence-corrected chi connectivity index (χ3v) is 2.57. The van der Waals surface area contributed by atoms with Crippen molar-refractivity contribution in [3.05, 3.63) is 48.5 Å². The Balaban J connectivity index is -0.000000619. The molecule has 2 aromatic carbocycles. The molecule has 2 heteroatoms. The fourth-order valence-corrected chi connectivity index (χ4v) is 1.76. The molecule has 23 heavy (non-hydrogen) atoms. The Morgan fingerprint density at radius 2 is 1.39 bits per heavy atom. The van der Waals surface area contributed by atoms with E-state index in [1.54, 1.807) is 7.11 Å². The average molecular weight is 321 g/mol. The van der Waals surface area contributed by atoms with Crippen LogP contribution in [0.15, 0.2) is 48.5 Å². The number of hydrogen-bond donors (Lipinski definition) is 0. The lowest BCUT2D eigenvalue weighted by Gasteiger charge is -2.11. The van der Waals surface area contributed by atoms with Gasteiger partial charge in [0.25, 0.3) is 0 Å². The van der Waals surface area contributed by atoms with Gasteiger partial charge in [0.2, 0.25) is 0 Å². The van der Waals surface area contributed by atoms with Crippen molar-refractivity contribution in [2.45, 2.75) is 49.5 Å². The van der Waals surface area contributed by atoms with Crippen LogP contribution in [0.5, 0.6) is 11.5 Å². The van der Waals surface area contributed by atoms with Crippen molar-refractivity contribution in [2.24, 2.45) is 0 Å². The Hall–Kier alpha value is -1.96. The van der Waals surface area contributed by atoms with Gasteiger partial charge in [-0.05, 0) is 30.7 Å². The Kier molecular flexibility index (Phi) is 18.5. The largest absolute Gasteiger partial charge is 0.497 e. The molecule has 0 spiro atoms. The zero-order valence-corrected chi connectivity index (χ0v) is 14.1. The van der Waals surface area contributed by atoms with Crippen molar-refractivity contribution in [2.75, 3.05) is 13.7 Å². The van der Waals surface area contributed by atoms with Gasteiger partial charge < -0.3 is 9.47 Å². The minimum absolute atomic E-state index is 0. The van der Waals surface area contributed by atoms with Crippen LogP contribution in [0.25, 0.3) is 11.1 Å². The van der Waals surface area contributed by atoms with Gasteiger partial charge in [-0.2, -0.15) is 0 Å². The molecule has 0 unspecified atom stereocenters. The number of hydrogen-bond acceptors (Lipinski definition) is 2. The quantitative estimate of drug-likeness (QED) is 0.599. The van der Waals surface area contributed by atoms with Gasteiger partial charge in [0, 0.05) is 5.56 Å². The summed E-state index contributed by atoms with van der Waals surface area (Å²) in [6, 6.07) is 16.0. The van der Waals surface area contributed by atoms with Gasteiger partial charge in [-0.25, -0.2) is 0 Å². The molecular weight excluding hydrogens is 284 g/mol. The van der Waals surface area contributed by atoms with Crippen LogP contribution in [0, 0.1) is 0 Å². The van der Waals surface area contributed by atoms with Crippen molar-refractivity contribution in [3.8, 4) is 22.6 Å². The second-order valence-corrected chi connectivity index (χ2v) is 3.66. The predicted molar refractivity (Wildman–Crippen MR) is 106 cm³/mol. The second-order valence-electron chi connectivity index (χ2n) is 3.66. The molecule has 0 aliphatic heterocycles. The molecule has 0 saturated heterocycles. The molecule has 0 heterocycles. The second kappa shape index (κ2) is 16.4. The van der Waals surface area contributed by atoms with E-state index in [2.05, 4.69) is 12.1 Å². The molecule has 0 fully saturated rings. The summed E-state index contributed by atoms with van der Waals surface area (Å²) in [6.45, 7) is 10.6. The number of methoxy groups -OCH3 is 1. The standard InChI is InChI=1S/C15H16O2.2C2H6.2CH4/c1-3-17-15-10-9-13(16-2)11-14(15)12-7-5-4-6-8-12;2*1-2;;/h4-11H,3H2,1-2H3;2*1-2H3;2*1H4. The first-order valence-corrected chi connectivity index (χ1v) is 7.71. The maximum Gasteiger partial charge on any atom is 0.127 e. The van der Waals surface area contributed by atoms with Crippen molar-refractivity contribution in [3.63, 3.8) is 0 Å². The first-order chi connectivity index (χ1) is 10.3. The van der Waals surface area contributed by atoms with Gasteiger partial charge >= 0.3 is 0 Å². The summed E-state index contributed by atoms with van der Waals surface area (Å²) < 4.78 is 10.9. The summed E-state index contributed by atoms with van der Waals surface area (Å²) in [5.74, 6) is 1.73. The van der Waals surface area contributed by atoms with Gasteiger partial charge in [0.1, 0.15) is 11.5 Å². The number of ether oxygens (including phenoxy) is 2. The topological polar surface area (TPSA) is 18.5 Å². The van der Waals surface area contributed by atoms with Crippen LogP contribution >= 0.6 is 0 Å². The molecule has 2 rings (SSSR count). The highest BCUT2D eigenvalue weighted by Gasteiger charge is 2.07. The van der Waals surface area contributed by atoms with Crippen LogP contribution in [0.1, 0.15) is 49.5 Å². The predicted octanol–water partition coefficient (Wildman–Crippen LogP) is 7.09. The van der Waals surface area contributed by atoms with E-state index < -0.39 is 0 Å². The molecule has 0 amide bonds. The van der Waals surface area contributed by atoms with Crippen LogP contribution in [0.3, 0.4) is 0 Å². The van der Waals surface area contributed by atoms with E-state index >= 15 is 0 Å². The maximum atomic E-state index is 5.64. The van der Waals surface area contributed by atoms with Gasteiger partial charge in [0.05, 0.1) is 13.7 Å². The maximum absolute atomic E-state index is 5.64. The fraction of sp³-hybridized carbons (Fsp3) is 0.429. The molecule has 0 aromatic heterocycles. The van der Waals surface area contributed by atoms with Crippen LogP contribution in [0.2, 0.25) is 0 Å². The molecule has 2 nitrogen and oxygen atoms in total. The SMILES string of the molecule is C.C.CC.CC.CCOc1ccc(OC)cc1-c1ccccc1. The van der Waals surface area contributed by atoms with Crippen LogP contribution < -0.4 is 9.47 Å². The Bertz CT molecular complexity index is 478. The molecular formula is C21H36O2. The van der Waals surface area contributed by atoms with Crippen LogP contribution in [-0.4, -0.2) is 13.7 Å². The highest BCUT2D eigenvalue weighted by atomic mass is 16.5. The summed E-state index contributed by atoms with van der Waals surface area (Å²) in [5, 5.41) is 0. The molecule has 0 N–H and O–H groups in total. The van der Waals surface area contributed by atoms with Crippen LogP contribution in [-0.2, 0) is 0 Å². The van der Waals surface area contributed by atoms with Crippen molar-refractivity contribution < 1.29 is 9.47 Å². The van der Waals surface area contributed by atoms with E-state index in [4.69, 9.17) is 9.47 Å². The lowest BCUT2D eigenvalue weighted by atomic mass is 10.0. The van der Waals surface area contributed by atoms with Gasteiger partial charge in [-0.1, -0.05) is 72.9 Å². The zero-order valence-electron chi connectivity index (χ0n) is 14.1. The summed E-state index contributed by atoms with van der Waals surface area (Å²) in [7, 11) is 1.67. The number of benzene rings is 2. The molecule has 2 aromatic rings. The van der Waals surface area contributed by atoms with Gasteiger partial charge in [0.15, 0.2) is 0 Å². The third-order valence-electron chi connectivity index (χ3n) is 2.57. The van der Waals surface area contributed by atoms with E-state index in [1.165, 1.54) is 0 Å². The Morgan fingerprint density at radius 1 is 0.826 bits per heavy atom. The molecule has 0 aliphatic rings. The first kappa shape index (κ1) is 26.0. The molecule has 0 atom stereocenters. The van der Waals surface area contributed by atoms with E-state index in [9.17, 15) is 0 Å². The van der Waals surface area contributed by atoms with Crippen molar-refractivity contribution >= 4 is 0 Å². The zero-order chi connectivity index (χ0) is 16.1. The normalized spacial score (nSPS) is 7.91. The summed E-state index contributed by atoms with van der Waals surface area (Å²) >= 11 is 0. The lowest BCUT2D eigenvalue weighted by Crippen LogP contribution is -1.94. The molecule has 132 valence electrons. The third kappa shape index (κ3) is 8.29. The summed E-state index contributed by atoms with van der Waals surface area (Å²) in [6.07, 6.45) is 0. The minimum Gasteiger partial charge on any atom is -0.497 e. The van der Waals surface area contributed by atoms with Gasteiger partial charge in [-0.15, -0.1) is 0 Å². The van der Waals surface area contributed by atoms with E-state index in [1.807, 2.05) is 71.0 Å². The molecule has 0 aliphatic carbocycles. The lowest BCUT2D eigenvalue weighted by molar-refractivity contribution is 0.340. The smallest absolute Gasteiger partial charge is 0.127 e.